The summed E-state index contributed by atoms with van der Waals surface area (Å²) in [5.74, 6) is 1.30. The monoisotopic (exact) mass is 222 g/mol. The largest absolute Gasteiger partial charge is 0.497 e. The van der Waals surface area contributed by atoms with Gasteiger partial charge in [-0.1, -0.05) is 19.1 Å². The summed E-state index contributed by atoms with van der Waals surface area (Å²) >= 11 is 0. The second kappa shape index (κ2) is 4.85. The third-order valence-corrected chi connectivity index (χ3v) is 3.04. The van der Waals surface area contributed by atoms with Gasteiger partial charge in [0, 0.05) is 11.5 Å². The van der Waals surface area contributed by atoms with Gasteiger partial charge in [-0.15, -0.1) is 0 Å². The minimum Gasteiger partial charge on any atom is -0.497 e. The van der Waals surface area contributed by atoms with Crippen LogP contribution in [0.4, 0.5) is 0 Å². The highest BCUT2D eigenvalue weighted by Gasteiger charge is 2.26. The fourth-order valence-corrected chi connectivity index (χ4v) is 1.68. The zero-order valence-corrected chi connectivity index (χ0v) is 9.97. The molecule has 0 aliphatic carbocycles. The van der Waals surface area contributed by atoms with E-state index in [9.17, 15) is 0 Å². The molecule has 0 saturated carbocycles. The Kier molecular flexibility index (Phi) is 3.46. The molecule has 2 rings (SSSR count). The molecule has 1 unspecified atom stereocenters. The van der Waals surface area contributed by atoms with Crippen LogP contribution in [0.15, 0.2) is 24.3 Å². The summed E-state index contributed by atoms with van der Waals surface area (Å²) in [6.07, 6.45) is -0.00189. The van der Waals surface area contributed by atoms with Gasteiger partial charge in [0.2, 0.25) is 0 Å². The van der Waals surface area contributed by atoms with Crippen molar-refractivity contribution < 1.29 is 14.2 Å². The van der Waals surface area contributed by atoms with Crippen molar-refractivity contribution >= 4 is 0 Å². The first kappa shape index (κ1) is 11.4. The Labute approximate surface area is 96.3 Å². The van der Waals surface area contributed by atoms with Crippen molar-refractivity contribution in [3.8, 4) is 5.75 Å². The van der Waals surface area contributed by atoms with Gasteiger partial charge in [0.15, 0.2) is 6.29 Å². The maximum atomic E-state index is 5.80. The Balaban J connectivity index is 2.06. The van der Waals surface area contributed by atoms with Gasteiger partial charge in [0.05, 0.1) is 19.8 Å². The molecule has 0 amide bonds. The minimum atomic E-state index is -0.239. The molecular formula is C13H18O3. The first-order valence-corrected chi connectivity index (χ1v) is 5.61. The summed E-state index contributed by atoms with van der Waals surface area (Å²) in [4.78, 5) is 0. The van der Waals surface area contributed by atoms with E-state index in [2.05, 4.69) is 13.8 Å². The molecule has 1 aliphatic rings. The van der Waals surface area contributed by atoms with Crippen LogP contribution in [0.1, 0.15) is 25.7 Å². The number of methoxy groups -OCH3 is 1. The molecule has 1 heterocycles. The first-order chi connectivity index (χ1) is 7.70. The quantitative estimate of drug-likeness (QED) is 0.770. The summed E-state index contributed by atoms with van der Waals surface area (Å²) in [5, 5.41) is 0. The highest BCUT2D eigenvalue weighted by atomic mass is 16.7. The van der Waals surface area contributed by atoms with Gasteiger partial charge in [0.25, 0.3) is 0 Å². The second-order valence-electron chi connectivity index (χ2n) is 4.26. The average Bonchev–Trinajstić information content (AvgIpc) is 2.33. The lowest BCUT2D eigenvalue weighted by Gasteiger charge is -2.33. The maximum absolute atomic E-state index is 5.80. The minimum absolute atomic E-state index is 0.237. The zero-order valence-electron chi connectivity index (χ0n) is 9.97. The van der Waals surface area contributed by atoms with E-state index in [1.807, 2.05) is 24.3 Å². The lowest BCUT2D eigenvalue weighted by molar-refractivity contribution is -0.233. The number of benzene rings is 1. The molecule has 1 saturated heterocycles. The van der Waals surface area contributed by atoms with Gasteiger partial charge >= 0.3 is 0 Å². The van der Waals surface area contributed by atoms with Crippen molar-refractivity contribution in [3.05, 3.63) is 29.8 Å². The van der Waals surface area contributed by atoms with Gasteiger partial charge in [0.1, 0.15) is 5.75 Å². The van der Waals surface area contributed by atoms with E-state index in [-0.39, 0.29) is 12.4 Å². The first-order valence-electron chi connectivity index (χ1n) is 5.61. The molecule has 1 aromatic rings. The number of hydrogen-bond acceptors (Lipinski definition) is 3. The molecule has 16 heavy (non-hydrogen) atoms. The van der Waals surface area contributed by atoms with E-state index in [0.717, 1.165) is 17.9 Å². The third kappa shape index (κ3) is 2.36. The SMILES string of the molecule is COc1ccc([C@H]2OC[C@@H](C)C(C)O2)cc1. The molecule has 0 radical (unpaired) electrons. The van der Waals surface area contributed by atoms with Gasteiger partial charge in [-0.2, -0.15) is 0 Å². The van der Waals surface area contributed by atoms with Crippen molar-refractivity contribution in [2.75, 3.05) is 13.7 Å². The Morgan fingerprint density at radius 1 is 1.19 bits per heavy atom. The van der Waals surface area contributed by atoms with Crippen LogP contribution < -0.4 is 4.74 Å². The van der Waals surface area contributed by atoms with Gasteiger partial charge in [-0.05, 0) is 19.1 Å². The Morgan fingerprint density at radius 2 is 1.88 bits per heavy atom. The van der Waals surface area contributed by atoms with Crippen LogP contribution in [0, 0.1) is 5.92 Å². The summed E-state index contributed by atoms with van der Waals surface area (Å²) in [6.45, 7) is 4.97. The molecule has 3 atom stereocenters. The normalized spacial score (nSPS) is 30.1. The van der Waals surface area contributed by atoms with E-state index in [4.69, 9.17) is 14.2 Å². The lowest BCUT2D eigenvalue weighted by atomic mass is 10.1. The molecule has 0 aromatic heterocycles. The molecule has 0 bridgehead atoms. The molecule has 1 aromatic carbocycles. The molecule has 3 nitrogen and oxygen atoms in total. The smallest absolute Gasteiger partial charge is 0.184 e. The van der Waals surface area contributed by atoms with E-state index in [1.54, 1.807) is 7.11 Å². The summed E-state index contributed by atoms with van der Waals surface area (Å²) in [5.41, 5.74) is 1.04. The van der Waals surface area contributed by atoms with Crippen molar-refractivity contribution in [3.63, 3.8) is 0 Å². The van der Waals surface area contributed by atoms with Crippen LogP contribution >= 0.6 is 0 Å². The van der Waals surface area contributed by atoms with Crippen LogP contribution in [0.2, 0.25) is 0 Å². The molecule has 0 N–H and O–H groups in total. The molecule has 0 spiro atoms. The third-order valence-electron chi connectivity index (χ3n) is 3.04. The van der Waals surface area contributed by atoms with Crippen LogP contribution in [0.5, 0.6) is 5.75 Å². The summed E-state index contributed by atoms with van der Waals surface area (Å²) in [6, 6.07) is 7.80. The summed E-state index contributed by atoms with van der Waals surface area (Å²) < 4.78 is 16.6. The molecule has 1 fully saturated rings. The van der Waals surface area contributed by atoms with E-state index >= 15 is 0 Å². The molecule has 3 heteroatoms. The second-order valence-corrected chi connectivity index (χ2v) is 4.26. The van der Waals surface area contributed by atoms with E-state index in [0.29, 0.717) is 5.92 Å². The number of hydrogen-bond donors (Lipinski definition) is 0. The number of ether oxygens (including phenoxy) is 3. The predicted octanol–water partition coefficient (Wildman–Crippen LogP) is 2.77. The Bertz CT molecular complexity index is 334. The highest BCUT2D eigenvalue weighted by molar-refractivity contribution is 5.27. The summed E-state index contributed by atoms with van der Waals surface area (Å²) in [7, 11) is 1.66. The van der Waals surface area contributed by atoms with Crippen molar-refractivity contribution in [1.29, 1.82) is 0 Å². The Morgan fingerprint density at radius 3 is 2.44 bits per heavy atom. The standard InChI is InChI=1S/C13H18O3/c1-9-8-15-13(16-10(9)2)11-4-6-12(14-3)7-5-11/h4-7,9-10,13H,8H2,1-3H3/t9-,10?,13+/m1/s1. The highest BCUT2D eigenvalue weighted by Crippen LogP contribution is 2.29. The van der Waals surface area contributed by atoms with Crippen molar-refractivity contribution in [2.24, 2.45) is 5.92 Å². The van der Waals surface area contributed by atoms with E-state index in [1.165, 1.54) is 0 Å². The van der Waals surface area contributed by atoms with E-state index < -0.39 is 0 Å². The molecular weight excluding hydrogens is 204 g/mol. The van der Waals surface area contributed by atoms with Gasteiger partial charge in [-0.25, -0.2) is 0 Å². The zero-order chi connectivity index (χ0) is 11.5. The van der Waals surface area contributed by atoms with Crippen LogP contribution in [0.3, 0.4) is 0 Å². The fourth-order valence-electron chi connectivity index (χ4n) is 1.68. The molecule has 1 aliphatic heterocycles. The maximum Gasteiger partial charge on any atom is 0.184 e. The fraction of sp³-hybridized carbons (Fsp3) is 0.538. The van der Waals surface area contributed by atoms with Crippen LogP contribution in [-0.4, -0.2) is 19.8 Å². The van der Waals surface area contributed by atoms with Crippen LogP contribution in [-0.2, 0) is 9.47 Å². The van der Waals surface area contributed by atoms with Crippen molar-refractivity contribution in [1.82, 2.24) is 0 Å². The van der Waals surface area contributed by atoms with Crippen molar-refractivity contribution in [2.45, 2.75) is 26.2 Å². The topological polar surface area (TPSA) is 27.7 Å². The van der Waals surface area contributed by atoms with Gasteiger partial charge < -0.3 is 14.2 Å². The number of rotatable bonds is 2. The van der Waals surface area contributed by atoms with Gasteiger partial charge in [-0.3, -0.25) is 0 Å². The predicted molar refractivity (Wildman–Crippen MR) is 61.4 cm³/mol. The lowest BCUT2D eigenvalue weighted by Crippen LogP contribution is -2.32. The molecule has 88 valence electrons. The van der Waals surface area contributed by atoms with Crippen LogP contribution in [0.25, 0.3) is 0 Å². The average molecular weight is 222 g/mol. The Hall–Kier alpha value is -1.06.